The molecule has 0 saturated carbocycles. The molecule has 1 rings (SSSR count). The first kappa shape index (κ1) is 17.5. The van der Waals surface area contributed by atoms with E-state index in [9.17, 15) is 4.79 Å². The molecule has 1 aromatic heterocycles. The molecule has 0 unspecified atom stereocenters. The van der Waals surface area contributed by atoms with Crippen molar-refractivity contribution in [1.82, 2.24) is 10.3 Å². The van der Waals surface area contributed by atoms with Crippen LogP contribution in [0, 0.1) is 0 Å². The van der Waals surface area contributed by atoms with Gasteiger partial charge >= 0.3 is 0 Å². The van der Waals surface area contributed by atoms with E-state index >= 15 is 0 Å². The average molecular weight is 291 g/mol. The summed E-state index contributed by atoms with van der Waals surface area (Å²) in [6.45, 7) is 12.5. The lowest BCUT2D eigenvalue weighted by Crippen LogP contribution is -2.47. The Morgan fingerprint density at radius 1 is 1.14 bits per heavy atom. The van der Waals surface area contributed by atoms with Crippen molar-refractivity contribution < 1.29 is 4.79 Å². The zero-order valence-electron chi connectivity index (χ0n) is 14.2. The first-order chi connectivity index (χ1) is 9.67. The monoisotopic (exact) mass is 291 g/mol. The Kier molecular flexibility index (Phi) is 5.37. The maximum absolute atomic E-state index is 12.6. The van der Waals surface area contributed by atoms with Gasteiger partial charge in [-0.3, -0.25) is 4.79 Å². The topological polar surface area (TPSA) is 68.0 Å². The van der Waals surface area contributed by atoms with Gasteiger partial charge in [-0.2, -0.15) is 0 Å². The smallest absolute Gasteiger partial charge is 0.251 e. The van der Waals surface area contributed by atoms with Crippen LogP contribution in [0.2, 0.25) is 0 Å². The minimum atomic E-state index is -0.142. The molecule has 0 aromatic carbocycles. The highest BCUT2D eigenvalue weighted by Gasteiger charge is 2.27. The maximum atomic E-state index is 12.6. The van der Waals surface area contributed by atoms with Crippen LogP contribution in [0.3, 0.4) is 0 Å². The normalized spacial score (nSPS) is 12.3. The fraction of sp³-hybridized carbons (Fsp3) is 0.647. The molecule has 0 spiro atoms. The number of amides is 1. The van der Waals surface area contributed by atoms with Gasteiger partial charge in [-0.1, -0.05) is 41.5 Å². The Hall–Kier alpha value is -1.58. The summed E-state index contributed by atoms with van der Waals surface area (Å²) < 4.78 is 0. The van der Waals surface area contributed by atoms with Gasteiger partial charge in [-0.15, -0.1) is 0 Å². The lowest BCUT2D eigenvalue weighted by Gasteiger charge is -2.32. The number of aromatic nitrogens is 1. The van der Waals surface area contributed by atoms with Crippen molar-refractivity contribution in [3.63, 3.8) is 0 Å². The molecule has 118 valence electrons. The van der Waals surface area contributed by atoms with Crippen molar-refractivity contribution in [3.05, 3.63) is 23.4 Å². The second-order valence-electron chi connectivity index (χ2n) is 6.71. The summed E-state index contributed by atoms with van der Waals surface area (Å²) in [7, 11) is 0. The SMILES string of the molecule is CCC(CC)(CC)NC(=O)c1cc(N)nc(C(C)(C)C)c1. The fourth-order valence-electron chi connectivity index (χ4n) is 2.40. The molecule has 0 aliphatic heterocycles. The van der Waals surface area contributed by atoms with Crippen LogP contribution in [0.25, 0.3) is 0 Å². The highest BCUT2D eigenvalue weighted by Crippen LogP contribution is 2.24. The maximum Gasteiger partial charge on any atom is 0.251 e. The Balaban J connectivity index is 3.11. The highest BCUT2D eigenvalue weighted by atomic mass is 16.1. The number of carbonyl (C=O) groups excluding carboxylic acids is 1. The number of rotatable bonds is 5. The van der Waals surface area contributed by atoms with Gasteiger partial charge in [-0.05, 0) is 31.4 Å². The number of hydrogen-bond donors (Lipinski definition) is 2. The van der Waals surface area contributed by atoms with Gasteiger partial charge in [-0.25, -0.2) is 4.98 Å². The predicted molar refractivity (Wildman–Crippen MR) is 88.4 cm³/mol. The highest BCUT2D eigenvalue weighted by molar-refractivity contribution is 5.95. The summed E-state index contributed by atoms with van der Waals surface area (Å²) in [5.41, 5.74) is 7.01. The van der Waals surface area contributed by atoms with Gasteiger partial charge in [0.1, 0.15) is 5.82 Å². The third-order valence-electron chi connectivity index (χ3n) is 4.28. The molecular formula is C17H29N3O. The number of anilines is 1. The second-order valence-corrected chi connectivity index (χ2v) is 6.71. The van der Waals surface area contributed by atoms with E-state index in [1.807, 2.05) is 6.07 Å². The molecule has 0 atom stereocenters. The number of nitrogens with zero attached hydrogens (tertiary/aromatic N) is 1. The van der Waals surface area contributed by atoms with E-state index in [0.29, 0.717) is 11.4 Å². The summed E-state index contributed by atoms with van der Waals surface area (Å²) in [6, 6.07) is 3.49. The number of nitrogens with one attached hydrogen (secondary N) is 1. The van der Waals surface area contributed by atoms with E-state index < -0.39 is 0 Å². The van der Waals surface area contributed by atoms with Crippen molar-refractivity contribution in [2.45, 2.75) is 71.8 Å². The molecule has 3 N–H and O–H groups in total. The fourth-order valence-corrected chi connectivity index (χ4v) is 2.40. The third-order valence-corrected chi connectivity index (χ3v) is 4.28. The second kappa shape index (κ2) is 6.46. The van der Waals surface area contributed by atoms with Crippen molar-refractivity contribution in [2.75, 3.05) is 5.73 Å². The van der Waals surface area contributed by atoms with Crippen LogP contribution in [0.5, 0.6) is 0 Å². The van der Waals surface area contributed by atoms with E-state index in [0.717, 1.165) is 25.0 Å². The van der Waals surface area contributed by atoms with Gasteiger partial charge in [0.05, 0.1) is 0 Å². The van der Waals surface area contributed by atoms with E-state index in [4.69, 9.17) is 5.73 Å². The first-order valence-electron chi connectivity index (χ1n) is 7.78. The van der Waals surface area contributed by atoms with Gasteiger partial charge < -0.3 is 11.1 Å². The Morgan fingerprint density at radius 3 is 2.10 bits per heavy atom. The largest absolute Gasteiger partial charge is 0.384 e. The molecule has 0 aliphatic carbocycles. The number of nitrogen functional groups attached to an aromatic ring is 1. The van der Waals surface area contributed by atoms with Crippen LogP contribution in [-0.2, 0) is 5.41 Å². The third kappa shape index (κ3) is 4.19. The molecule has 0 saturated heterocycles. The van der Waals surface area contributed by atoms with Crippen LogP contribution in [0.15, 0.2) is 12.1 Å². The summed E-state index contributed by atoms with van der Waals surface area (Å²) in [5, 5.41) is 3.18. The Bertz CT molecular complexity index is 491. The van der Waals surface area contributed by atoms with Gasteiger partial charge in [0, 0.05) is 22.2 Å². The molecule has 1 aromatic rings. The summed E-state index contributed by atoms with van der Waals surface area (Å²) >= 11 is 0. The number of pyridine rings is 1. The van der Waals surface area contributed by atoms with E-state index in [-0.39, 0.29) is 16.9 Å². The van der Waals surface area contributed by atoms with Crippen LogP contribution in [0.4, 0.5) is 5.82 Å². The van der Waals surface area contributed by atoms with Crippen LogP contribution < -0.4 is 11.1 Å². The number of nitrogens with two attached hydrogens (primary N) is 1. The summed E-state index contributed by atoms with van der Waals surface area (Å²) in [4.78, 5) is 16.9. The van der Waals surface area contributed by atoms with Gasteiger partial charge in [0.2, 0.25) is 0 Å². The van der Waals surface area contributed by atoms with Crippen LogP contribution in [-0.4, -0.2) is 16.4 Å². The van der Waals surface area contributed by atoms with Crippen molar-refractivity contribution in [3.8, 4) is 0 Å². The minimum absolute atomic E-state index is 0.0693. The van der Waals surface area contributed by atoms with Crippen LogP contribution in [0.1, 0.15) is 76.9 Å². The van der Waals surface area contributed by atoms with Crippen molar-refractivity contribution in [1.29, 1.82) is 0 Å². The summed E-state index contributed by atoms with van der Waals surface area (Å²) in [6.07, 6.45) is 2.75. The van der Waals surface area contributed by atoms with Crippen LogP contribution >= 0.6 is 0 Å². The molecule has 4 nitrogen and oxygen atoms in total. The average Bonchev–Trinajstić information content (AvgIpc) is 2.43. The number of carbonyl (C=O) groups is 1. The van der Waals surface area contributed by atoms with E-state index in [2.05, 4.69) is 51.8 Å². The Labute approximate surface area is 128 Å². The van der Waals surface area contributed by atoms with Gasteiger partial charge in [0.25, 0.3) is 5.91 Å². The zero-order chi connectivity index (χ0) is 16.3. The number of hydrogen-bond acceptors (Lipinski definition) is 3. The molecule has 0 radical (unpaired) electrons. The zero-order valence-corrected chi connectivity index (χ0v) is 14.2. The molecule has 0 bridgehead atoms. The standard InChI is InChI=1S/C17H29N3O/c1-7-17(8-2,9-3)20-15(21)12-10-13(16(4,5)6)19-14(18)11-12/h10-11H,7-9H2,1-6H3,(H2,18,19)(H,20,21). The van der Waals surface area contributed by atoms with E-state index in [1.165, 1.54) is 0 Å². The molecule has 4 heteroatoms. The van der Waals surface area contributed by atoms with Crippen molar-refractivity contribution >= 4 is 11.7 Å². The molecule has 0 aliphatic rings. The molecule has 0 fully saturated rings. The first-order valence-corrected chi connectivity index (χ1v) is 7.78. The molecule has 1 amide bonds. The van der Waals surface area contributed by atoms with E-state index in [1.54, 1.807) is 6.07 Å². The van der Waals surface area contributed by atoms with Crippen molar-refractivity contribution in [2.24, 2.45) is 0 Å². The quantitative estimate of drug-likeness (QED) is 0.870. The molecular weight excluding hydrogens is 262 g/mol. The van der Waals surface area contributed by atoms with Gasteiger partial charge in [0.15, 0.2) is 0 Å². The minimum Gasteiger partial charge on any atom is -0.384 e. The predicted octanol–water partition coefficient (Wildman–Crippen LogP) is 3.66. The Morgan fingerprint density at radius 2 is 1.67 bits per heavy atom. The summed E-state index contributed by atoms with van der Waals surface area (Å²) in [5.74, 6) is 0.322. The molecule has 21 heavy (non-hydrogen) atoms. The molecule has 1 heterocycles. The lowest BCUT2D eigenvalue weighted by molar-refractivity contribution is 0.0888. The lowest BCUT2D eigenvalue weighted by atomic mass is 9.88.